The maximum Gasteiger partial charge on any atom is 0.263 e. The fraction of sp³-hybridized carbons (Fsp3) is 0.100. The van der Waals surface area contributed by atoms with E-state index in [9.17, 15) is 0 Å². The first kappa shape index (κ1) is 11.7. The molecule has 0 aliphatic rings. The Bertz CT molecular complexity index is 653. The Morgan fingerprint density at radius 3 is 2.89 bits per heavy atom. The number of oxazole rings is 1. The Kier molecular flexibility index (Phi) is 3.11. The summed E-state index contributed by atoms with van der Waals surface area (Å²) in [7, 11) is 1.74. The minimum Gasteiger partial charge on any atom is -0.440 e. The van der Waals surface area contributed by atoms with Gasteiger partial charge in [-0.15, -0.1) is 0 Å². The van der Waals surface area contributed by atoms with Crippen LogP contribution in [0.1, 0.15) is 0 Å². The first-order chi connectivity index (χ1) is 9.35. The van der Waals surface area contributed by atoms with Gasteiger partial charge >= 0.3 is 0 Å². The average Bonchev–Trinajstić information content (AvgIpc) is 3.11. The second-order valence-corrected chi connectivity index (χ2v) is 4.28. The maximum atomic E-state index is 5.15. The van der Waals surface area contributed by atoms with E-state index >= 15 is 0 Å². The molecule has 0 radical (unpaired) electrons. The number of nitrogens with zero attached hydrogens (tertiary/aromatic N) is 6. The van der Waals surface area contributed by atoms with Gasteiger partial charge < -0.3 is 9.73 Å². The molecule has 0 aliphatic carbocycles. The number of nitrogens with one attached hydrogen (secondary N) is 1. The summed E-state index contributed by atoms with van der Waals surface area (Å²) in [5.74, 6) is 0.943. The third-order valence-corrected chi connectivity index (χ3v) is 2.89. The first-order valence-corrected chi connectivity index (χ1v) is 6.16. The second-order valence-electron chi connectivity index (χ2n) is 3.36. The summed E-state index contributed by atoms with van der Waals surface area (Å²) < 4.78 is 6.85. The van der Waals surface area contributed by atoms with Crippen molar-refractivity contribution in [2.24, 2.45) is 0 Å². The van der Waals surface area contributed by atoms with Gasteiger partial charge in [-0.3, -0.25) is 4.57 Å². The quantitative estimate of drug-likeness (QED) is 0.760. The van der Waals surface area contributed by atoms with Crippen molar-refractivity contribution in [1.29, 1.82) is 0 Å². The number of imidazole rings is 1. The molecule has 0 spiro atoms. The zero-order chi connectivity index (χ0) is 13.1. The van der Waals surface area contributed by atoms with Gasteiger partial charge in [-0.25, -0.2) is 9.97 Å². The van der Waals surface area contributed by atoms with Gasteiger partial charge in [0.1, 0.15) is 12.6 Å². The SMILES string of the molecule is CNc1nc(Sc2ncco2)nc(-n2ccnc2)n1. The number of aromatic nitrogens is 6. The lowest BCUT2D eigenvalue weighted by atomic mass is 10.8. The normalized spacial score (nSPS) is 10.6. The highest BCUT2D eigenvalue weighted by atomic mass is 32.2. The van der Waals surface area contributed by atoms with Crippen LogP contribution in [0.5, 0.6) is 0 Å². The molecule has 19 heavy (non-hydrogen) atoms. The molecule has 3 heterocycles. The van der Waals surface area contributed by atoms with Gasteiger partial charge in [-0.1, -0.05) is 0 Å². The maximum absolute atomic E-state index is 5.15. The summed E-state index contributed by atoms with van der Waals surface area (Å²) >= 11 is 1.22. The van der Waals surface area contributed by atoms with E-state index in [1.54, 1.807) is 36.5 Å². The number of hydrogen-bond acceptors (Lipinski definition) is 8. The highest BCUT2D eigenvalue weighted by molar-refractivity contribution is 7.98. The van der Waals surface area contributed by atoms with Crippen LogP contribution in [0.25, 0.3) is 5.95 Å². The Balaban J connectivity index is 1.98. The van der Waals surface area contributed by atoms with E-state index in [1.807, 2.05) is 0 Å². The van der Waals surface area contributed by atoms with Crippen LogP contribution in [0.15, 0.2) is 46.0 Å². The molecule has 0 atom stereocenters. The molecule has 0 unspecified atom stereocenters. The Hall–Kier alpha value is -2.42. The van der Waals surface area contributed by atoms with Crippen molar-refractivity contribution < 1.29 is 4.42 Å². The van der Waals surface area contributed by atoms with Crippen LogP contribution in [0, 0.1) is 0 Å². The largest absolute Gasteiger partial charge is 0.440 e. The van der Waals surface area contributed by atoms with Gasteiger partial charge in [0.05, 0.1) is 6.20 Å². The summed E-state index contributed by atoms with van der Waals surface area (Å²) in [5.41, 5.74) is 0. The van der Waals surface area contributed by atoms with E-state index in [1.165, 1.54) is 18.0 Å². The van der Waals surface area contributed by atoms with Crippen LogP contribution >= 0.6 is 11.8 Å². The monoisotopic (exact) mass is 275 g/mol. The van der Waals surface area contributed by atoms with Crippen LogP contribution in [-0.4, -0.2) is 36.5 Å². The van der Waals surface area contributed by atoms with Crippen molar-refractivity contribution in [3.05, 3.63) is 31.2 Å². The molecule has 9 heteroatoms. The van der Waals surface area contributed by atoms with Crippen LogP contribution in [0.4, 0.5) is 5.95 Å². The predicted octanol–water partition coefficient (Wildman–Crippen LogP) is 1.24. The Morgan fingerprint density at radius 2 is 2.21 bits per heavy atom. The number of anilines is 1. The Morgan fingerprint density at radius 1 is 1.26 bits per heavy atom. The highest BCUT2D eigenvalue weighted by Gasteiger charge is 2.10. The minimum absolute atomic E-state index is 0.466. The lowest BCUT2D eigenvalue weighted by Gasteiger charge is -2.05. The van der Waals surface area contributed by atoms with Crippen molar-refractivity contribution in [3.8, 4) is 5.95 Å². The second kappa shape index (κ2) is 5.06. The van der Waals surface area contributed by atoms with Gasteiger partial charge in [-0.05, 0) is 0 Å². The van der Waals surface area contributed by atoms with E-state index in [-0.39, 0.29) is 0 Å². The van der Waals surface area contributed by atoms with Crippen molar-refractivity contribution in [3.63, 3.8) is 0 Å². The average molecular weight is 275 g/mol. The van der Waals surface area contributed by atoms with Crippen molar-refractivity contribution in [1.82, 2.24) is 29.5 Å². The molecule has 8 nitrogen and oxygen atoms in total. The fourth-order valence-corrected chi connectivity index (χ4v) is 1.97. The zero-order valence-corrected chi connectivity index (χ0v) is 10.7. The lowest BCUT2D eigenvalue weighted by molar-refractivity contribution is 0.453. The molecular formula is C10H9N7OS. The van der Waals surface area contributed by atoms with Gasteiger partial charge in [0.2, 0.25) is 17.1 Å². The molecule has 0 bridgehead atoms. The number of rotatable bonds is 4. The Labute approximate surface area is 112 Å². The molecule has 1 N–H and O–H groups in total. The fourth-order valence-electron chi connectivity index (χ4n) is 1.34. The number of hydrogen-bond donors (Lipinski definition) is 1. The molecule has 96 valence electrons. The van der Waals surface area contributed by atoms with E-state index in [4.69, 9.17) is 4.42 Å². The van der Waals surface area contributed by atoms with Crippen LogP contribution in [0.2, 0.25) is 0 Å². The van der Waals surface area contributed by atoms with Crippen LogP contribution < -0.4 is 5.32 Å². The summed E-state index contributed by atoms with van der Waals surface area (Å²) in [4.78, 5) is 20.8. The predicted molar refractivity (Wildman–Crippen MR) is 67.1 cm³/mol. The molecule has 0 aliphatic heterocycles. The molecule has 0 fully saturated rings. The third kappa shape index (κ3) is 2.55. The van der Waals surface area contributed by atoms with Gasteiger partial charge in [0.15, 0.2) is 0 Å². The standard InChI is InChI=1S/C10H9N7OS/c1-11-7-14-8(17-4-2-12-6-17)16-9(15-7)19-10-13-3-5-18-10/h2-6H,1H3,(H,11,14,15,16). The smallest absolute Gasteiger partial charge is 0.263 e. The van der Waals surface area contributed by atoms with Crippen LogP contribution in [0.3, 0.4) is 0 Å². The van der Waals surface area contributed by atoms with Gasteiger partial charge in [0.25, 0.3) is 5.22 Å². The summed E-state index contributed by atoms with van der Waals surface area (Å²) in [5, 5.41) is 3.86. The molecule has 3 aromatic rings. The summed E-state index contributed by atoms with van der Waals surface area (Å²) in [6.07, 6.45) is 8.10. The highest BCUT2D eigenvalue weighted by Crippen LogP contribution is 2.23. The molecular weight excluding hydrogens is 266 g/mol. The van der Waals surface area contributed by atoms with Gasteiger partial charge in [0, 0.05) is 31.2 Å². The molecule has 0 saturated heterocycles. The molecule has 0 aromatic carbocycles. The van der Waals surface area contributed by atoms with E-state index < -0.39 is 0 Å². The molecule has 3 rings (SSSR count). The zero-order valence-electron chi connectivity index (χ0n) is 9.89. The molecule has 0 saturated carbocycles. The summed E-state index contributed by atoms with van der Waals surface area (Å²) in [6.45, 7) is 0. The lowest BCUT2D eigenvalue weighted by Crippen LogP contribution is -2.06. The topological polar surface area (TPSA) is 94.6 Å². The first-order valence-electron chi connectivity index (χ1n) is 5.34. The van der Waals surface area contributed by atoms with Gasteiger partial charge in [-0.2, -0.15) is 15.0 Å². The van der Waals surface area contributed by atoms with E-state index in [0.717, 1.165) is 0 Å². The summed E-state index contributed by atoms with van der Waals surface area (Å²) in [6, 6.07) is 0. The van der Waals surface area contributed by atoms with E-state index in [2.05, 4.69) is 30.2 Å². The van der Waals surface area contributed by atoms with Crippen molar-refractivity contribution in [2.45, 2.75) is 10.4 Å². The minimum atomic E-state index is 0.466. The third-order valence-electron chi connectivity index (χ3n) is 2.15. The molecule has 3 aromatic heterocycles. The van der Waals surface area contributed by atoms with Crippen LogP contribution in [-0.2, 0) is 0 Å². The molecule has 0 amide bonds. The van der Waals surface area contributed by atoms with E-state index in [0.29, 0.717) is 22.3 Å². The van der Waals surface area contributed by atoms with Crippen molar-refractivity contribution >= 4 is 17.7 Å². The van der Waals surface area contributed by atoms with Crippen molar-refractivity contribution in [2.75, 3.05) is 12.4 Å².